The lowest BCUT2D eigenvalue weighted by molar-refractivity contribution is 0.242. The van der Waals surface area contributed by atoms with Gasteiger partial charge in [0.05, 0.1) is 11.8 Å². The number of aromatic nitrogens is 2. The largest absolute Gasteiger partial charge is 0.491 e. The van der Waals surface area contributed by atoms with Crippen LogP contribution in [-0.4, -0.2) is 22.6 Å². The molecule has 2 aromatic rings. The van der Waals surface area contributed by atoms with Gasteiger partial charge in [-0.05, 0) is 58.0 Å². The number of nitrogens with zero attached hydrogens (tertiary/aromatic N) is 2. The molecule has 0 aliphatic carbocycles. The predicted molar refractivity (Wildman–Crippen MR) is 82.1 cm³/mol. The van der Waals surface area contributed by atoms with Gasteiger partial charge >= 0.3 is 0 Å². The van der Waals surface area contributed by atoms with Crippen LogP contribution in [0.15, 0.2) is 30.3 Å². The molecule has 0 saturated heterocycles. The molecular formula is C16H21N3O. The van der Waals surface area contributed by atoms with Gasteiger partial charge in [0, 0.05) is 17.8 Å². The highest BCUT2D eigenvalue weighted by molar-refractivity contribution is 5.61. The molecule has 4 heteroatoms. The van der Waals surface area contributed by atoms with Crippen molar-refractivity contribution < 1.29 is 4.74 Å². The number of hydrogen-bond donors (Lipinski definition) is 1. The zero-order chi connectivity index (χ0) is 14.5. The highest BCUT2D eigenvalue weighted by Crippen LogP contribution is 2.22. The highest BCUT2D eigenvalue weighted by atomic mass is 16.5. The van der Waals surface area contributed by atoms with Crippen molar-refractivity contribution in [1.82, 2.24) is 9.97 Å². The molecule has 0 aliphatic heterocycles. The summed E-state index contributed by atoms with van der Waals surface area (Å²) in [6.45, 7) is 8.85. The average Bonchev–Trinajstić information content (AvgIpc) is 2.38. The molecule has 1 aromatic heterocycles. The maximum absolute atomic E-state index is 5.65. The Balaban J connectivity index is 2.26. The minimum absolute atomic E-state index is 0.183. The molecule has 0 radical (unpaired) electrons. The molecule has 0 saturated carbocycles. The summed E-state index contributed by atoms with van der Waals surface area (Å²) in [6, 6.07) is 9.98. The summed E-state index contributed by atoms with van der Waals surface area (Å²) in [5, 5.41) is 3.15. The number of benzene rings is 1. The Labute approximate surface area is 120 Å². The van der Waals surface area contributed by atoms with E-state index in [-0.39, 0.29) is 6.10 Å². The van der Waals surface area contributed by atoms with Crippen molar-refractivity contribution in [2.75, 3.05) is 11.9 Å². The second-order valence-corrected chi connectivity index (χ2v) is 4.94. The third-order valence-electron chi connectivity index (χ3n) is 2.71. The lowest BCUT2D eigenvalue weighted by atomic mass is 10.1. The number of nitrogens with one attached hydrogen (secondary N) is 1. The summed E-state index contributed by atoms with van der Waals surface area (Å²) < 4.78 is 5.65. The van der Waals surface area contributed by atoms with Crippen LogP contribution in [0, 0.1) is 6.92 Å². The summed E-state index contributed by atoms with van der Waals surface area (Å²) in [4.78, 5) is 8.88. The van der Waals surface area contributed by atoms with Crippen molar-refractivity contribution in [2.24, 2.45) is 0 Å². The average molecular weight is 271 g/mol. The van der Waals surface area contributed by atoms with Gasteiger partial charge in [0.2, 0.25) is 5.95 Å². The van der Waals surface area contributed by atoms with Crippen LogP contribution in [0.3, 0.4) is 0 Å². The number of aryl methyl sites for hydroxylation is 1. The fraction of sp³-hybridized carbons (Fsp3) is 0.375. The molecule has 106 valence electrons. The van der Waals surface area contributed by atoms with Crippen LogP contribution >= 0.6 is 0 Å². The van der Waals surface area contributed by atoms with E-state index in [2.05, 4.69) is 15.3 Å². The molecule has 0 bridgehead atoms. The van der Waals surface area contributed by atoms with E-state index in [9.17, 15) is 0 Å². The molecular weight excluding hydrogens is 250 g/mol. The number of ether oxygens (including phenoxy) is 1. The minimum Gasteiger partial charge on any atom is -0.491 e. The van der Waals surface area contributed by atoms with Gasteiger partial charge in [-0.15, -0.1) is 0 Å². The van der Waals surface area contributed by atoms with Crippen molar-refractivity contribution in [3.63, 3.8) is 0 Å². The standard InChI is InChI=1S/C16H21N3O/c1-5-17-16-18-12(4)10-15(19-16)13-6-8-14(9-7-13)20-11(2)3/h6-11H,5H2,1-4H3,(H,17,18,19). The number of anilines is 1. The van der Waals surface area contributed by atoms with Gasteiger partial charge in [-0.1, -0.05) is 0 Å². The van der Waals surface area contributed by atoms with Crippen molar-refractivity contribution in [2.45, 2.75) is 33.8 Å². The van der Waals surface area contributed by atoms with E-state index >= 15 is 0 Å². The first kappa shape index (κ1) is 14.3. The second-order valence-electron chi connectivity index (χ2n) is 4.94. The van der Waals surface area contributed by atoms with Crippen LogP contribution in [-0.2, 0) is 0 Å². The molecule has 4 nitrogen and oxygen atoms in total. The van der Waals surface area contributed by atoms with Gasteiger partial charge in [0.25, 0.3) is 0 Å². The van der Waals surface area contributed by atoms with Crippen LogP contribution in [0.1, 0.15) is 26.5 Å². The van der Waals surface area contributed by atoms with Crippen LogP contribution in [0.2, 0.25) is 0 Å². The second kappa shape index (κ2) is 6.37. The first-order valence-corrected chi connectivity index (χ1v) is 6.95. The maximum Gasteiger partial charge on any atom is 0.223 e. The van der Waals surface area contributed by atoms with E-state index in [1.807, 2.05) is 58.0 Å². The van der Waals surface area contributed by atoms with Gasteiger partial charge < -0.3 is 10.1 Å². The number of rotatable bonds is 5. The number of hydrogen-bond acceptors (Lipinski definition) is 4. The third kappa shape index (κ3) is 3.70. The summed E-state index contributed by atoms with van der Waals surface area (Å²) in [5.41, 5.74) is 2.93. The molecule has 1 heterocycles. The van der Waals surface area contributed by atoms with Crippen LogP contribution < -0.4 is 10.1 Å². The molecule has 1 aromatic carbocycles. The van der Waals surface area contributed by atoms with Crippen molar-refractivity contribution in [1.29, 1.82) is 0 Å². The molecule has 0 fully saturated rings. The lowest BCUT2D eigenvalue weighted by Crippen LogP contribution is -2.05. The summed E-state index contributed by atoms with van der Waals surface area (Å²) >= 11 is 0. The lowest BCUT2D eigenvalue weighted by Gasteiger charge is -2.10. The Kier molecular flexibility index (Phi) is 4.56. The quantitative estimate of drug-likeness (QED) is 0.901. The summed E-state index contributed by atoms with van der Waals surface area (Å²) in [5.74, 6) is 1.55. The maximum atomic E-state index is 5.65. The van der Waals surface area contributed by atoms with E-state index in [1.165, 1.54) is 0 Å². The topological polar surface area (TPSA) is 47.0 Å². The predicted octanol–water partition coefficient (Wildman–Crippen LogP) is 3.67. The van der Waals surface area contributed by atoms with E-state index in [4.69, 9.17) is 4.74 Å². The van der Waals surface area contributed by atoms with E-state index in [1.54, 1.807) is 0 Å². The van der Waals surface area contributed by atoms with Gasteiger partial charge in [0.1, 0.15) is 5.75 Å². The molecule has 0 aliphatic rings. The van der Waals surface area contributed by atoms with E-state index in [0.717, 1.165) is 29.2 Å². The Morgan fingerprint density at radius 2 is 1.85 bits per heavy atom. The van der Waals surface area contributed by atoms with Gasteiger partial charge in [0.15, 0.2) is 0 Å². The third-order valence-corrected chi connectivity index (χ3v) is 2.71. The summed E-state index contributed by atoms with van der Waals surface area (Å²) in [7, 11) is 0. The molecule has 0 atom stereocenters. The summed E-state index contributed by atoms with van der Waals surface area (Å²) in [6.07, 6.45) is 0.183. The minimum atomic E-state index is 0.183. The molecule has 0 spiro atoms. The van der Waals surface area contributed by atoms with Crippen molar-refractivity contribution >= 4 is 5.95 Å². The Morgan fingerprint density at radius 1 is 1.15 bits per heavy atom. The van der Waals surface area contributed by atoms with Crippen molar-refractivity contribution in [3.8, 4) is 17.0 Å². The first-order chi connectivity index (χ1) is 9.58. The Hall–Kier alpha value is -2.10. The highest BCUT2D eigenvalue weighted by Gasteiger charge is 2.05. The molecule has 0 amide bonds. The Morgan fingerprint density at radius 3 is 2.45 bits per heavy atom. The molecule has 20 heavy (non-hydrogen) atoms. The first-order valence-electron chi connectivity index (χ1n) is 6.95. The van der Waals surface area contributed by atoms with E-state index in [0.29, 0.717) is 5.95 Å². The monoisotopic (exact) mass is 271 g/mol. The van der Waals surface area contributed by atoms with E-state index < -0.39 is 0 Å². The van der Waals surface area contributed by atoms with Gasteiger partial charge in [-0.25, -0.2) is 9.97 Å². The van der Waals surface area contributed by atoms with Gasteiger partial charge in [-0.3, -0.25) is 0 Å². The SMILES string of the molecule is CCNc1nc(C)cc(-c2ccc(OC(C)C)cc2)n1. The van der Waals surface area contributed by atoms with Crippen LogP contribution in [0.4, 0.5) is 5.95 Å². The molecule has 2 rings (SSSR count). The fourth-order valence-electron chi connectivity index (χ4n) is 1.93. The molecule has 0 unspecified atom stereocenters. The Bertz CT molecular complexity index is 564. The smallest absolute Gasteiger partial charge is 0.223 e. The molecule has 1 N–H and O–H groups in total. The fourth-order valence-corrected chi connectivity index (χ4v) is 1.93. The van der Waals surface area contributed by atoms with Crippen molar-refractivity contribution in [3.05, 3.63) is 36.0 Å². The zero-order valence-corrected chi connectivity index (χ0v) is 12.5. The zero-order valence-electron chi connectivity index (χ0n) is 12.5. The van der Waals surface area contributed by atoms with Crippen LogP contribution in [0.5, 0.6) is 5.75 Å². The van der Waals surface area contributed by atoms with Crippen LogP contribution in [0.25, 0.3) is 11.3 Å². The normalized spacial score (nSPS) is 10.7. The van der Waals surface area contributed by atoms with Gasteiger partial charge in [-0.2, -0.15) is 0 Å².